The summed E-state index contributed by atoms with van der Waals surface area (Å²) in [5.41, 5.74) is -1.21. The van der Waals surface area contributed by atoms with Crippen molar-refractivity contribution in [2.45, 2.75) is 89.8 Å². The van der Waals surface area contributed by atoms with Crippen LogP contribution in [0.5, 0.6) is 0 Å². The van der Waals surface area contributed by atoms with Gasteiger partial charge < -0.3 is 4.74 Å². The summed E-state index contributed by atoms with van der Waals surface area (Å²) in [5, 5.41) is -0.337. The Hall–Kier alpha value is -2.53. The molecule has 0 bridgehead atoms. The third-order valence-corrected chi connectivity index (χ3v) is 8.35. The highest BCUT2D eigenvalue weighted by Gasteiger charge is 2.34. The van der Waals surface area contributed by atoms with E-state index in [4.69, 9.17) is 4.74 Å². The number of hydrogen-bond acceptors (Lipinski definition) is 1. The SMILES string of the molecule is CCCCCCC1CCC(C2CCC(/C(F)=C(\F)c3ccc4c(F)c(C#CC(F)(F)F)c(F)cc4c3)CC2)OC1. The fourth-order valence-corrected chi connectivity index (χ4v) is 6.06. The molecule has 2 aliphatic rings. The van der Waals surface area contributed by atoms with Gasteiger partial charge in [0.05, 0.1) is 11.7 Å². The Morgan fingerprint density at radius 1 is 0.950 bits per heavy atom. The number of ether oxygens (including phenoxy) is 1. The summed E-state index contributed by atoms with van der Waals surface area (Å²) in [6.45, 7) is 2.98. The smallest absolute Gasteiger partial charge is 0.378 e. The Bertz CT molecular complexity index is 1250. The predicted octanol–water partition coefficient (Wildman–Crippen LogP) is 10.2. The molecule has 2 fully saturated rings. The fourth-order valence-electron chi connectivity index (χ4n) is 6.06. The Morgan fingerprint density at radius 2 is 1.70 bits per heavy atom. The number of hydrogen-bond donors (Lipinski definition) is 0. The van der Waals surface area contributed by atoms with Crippen LogP contribution in [0, 0.1) is 41.2 Å². The number of halogens is 7. The van der Waals surface area contributed by atoms with Crippen LogP contribution in [0.15, 0.2) is 30.1 Å². The average molecular weight is 569 g/mol. The minimum atomic E-state index is -4.91. The monoisotopic (exact) mass is 568 g/mol. The Labute approximate surface area is 231 Å². The number of unbranched alkanes of at least 4 members (excludes halogenated alkanes) is 3. The van der Waals surface area contributed by atoms with Gasteiger partial charge in [-0.15, -0.1) is 0 Å². The van der Waals surface area contributed by atoms with Crippen molar-refractivity contribution in [3.63, 3.8) is 0 Å². The first-order chi connectivity index (χ1) is 19.1. The zero-order valence-electron chi connectivity index (χ0n) is 22.7. The molecule has 40 heavy (non-hydrogen) atoms. The van der Waals surface area contributed by atoms with E-state index < -0.39 is 40.9 Å². The van der Waals surface area contributed by atoms with E-state index in [2.05, 4.69) is 6.92 Å². The van der Waals surface area contributed by atoms with Crippen molar-refractivity contribution in [2.24, 2.45) is 17.8 Å². The molecule has 8 heteroatoms. The predicted molar refractivity (Wildman–Crippen MR) is 143 cm³/mol. The van der Waals surface area contributed by atoms with Crippen LogP contribution in [0.2, 0.25) is 0 Å². The Morgan fingerprint density at radius 3 is 2.35 bits per heavy atom. The van der Waals surface area contributed by atoms with E-state index in [1.54, 1.807) is 0 Å². The summed E-state index contributed by atoms with van der Waals surface area (Å²) in [6, 6.07) is 4.11. The van der Waals surface area contributed by atoms with Crippen molar-refractivity contribution in [1.82, 2.24) is 0 Å². The van der Waals surface area contributed by atoms with Crippen LogP contribution in [0.4, 0.5) is 30.7 Å². The molecule has 0 radical (unpaired) electrons. The Balaban J connectivity index is 1.38. The number of allylic oxidation sites excluding steroid dienone is 1. The van der Waals surface area contributed by atoms with Crippen LogP contribution in [0.1, 0.15) is 88.7 Å². The summed E-state index contributed by atoms with van der Waals surface area (Å²) in [5.74, 6) is -1.89. The maximum absolute atomic E-state index is 15.2. The number of rotatable bonds is 8. The molecular weight excluding hydrogens is 533 g/mol. The van der Waals surface area contributed by atoms with Crippen molar-refractivity contribution >= 4 is 16.6 Å². The van der Waals surface area contributed by atoms with Gasteiger partial charge in [0.15, 0.2) is 5.83 Å². The van der Waals surface area contributed by atoms with E-state index in [1.165, 1.54) is 38.0 Å². The quantitative estimate of drug-likeness (QED) is 0.175. The molecule has 1 nitrogen and oxygen atoms in total. The highest BCUT2D eigenvalue weighted by molar-refractivity contribution is 5.87. The zero-order valence-corrected chi connectivity index (χ0v) is 22.7. The lowest BCUT2D eigenvalue weighted by molar-refractivity contribution is -0.0696. The first kappa shape index (κ1) is 30.4. The lowest BCUT2D eigenvalue weighted by Gasteiger charge is -2.37. The van der Waals surface area contributed by atoms with Crippen LogP contribution in [0.3, 0.4) is 0 Å². The molecule has 2 atom stereocenters. The highest BCUT2D eigenvalue weighted by Crippen LogP contribution is 2.41. The lowest BCUT2D eigenvalue weighted by Crippen LogP contribution is -2.34. The van der Waals surface area contributed by atoms with Gasteiger partial charge in [0.25, 0.3) is 0 Å². The molecule has 1 saturated heterocycles. The summed E-state index contributed by atoms with van der Waals surface area (Å²) in [6.07, 6.45) is 6.09. The van der Waals surface area contributed by atoms with Crippen molar-refractivity contribution < 1.29 is 35.5 Å². The molecule has 1 heterocycles. The standard InChI is InChI=1S/C32H35F7O/c1-2-3-4-5-6-20-7-14-28(40-19-20)21-8-10-22(11-9-21)29(34)30(35)23-12-13-25-24(17-23)18-27(33)26(31(25)36)15-16-32(37,38)39/h12-13,17-18,20-22,28H,2-11,14,19H2,1H3/b30-29+. The van der Waals surface area contributed by atoms with Gasteiger partial charge >= 0.3 is 6.18 Å². The van der Waals surface area contributed by atoms with Crippen molar-refractivity contribution in [3.8, 4) is 11.8 Å². The maximum Gasteiger partial charge on any atom is 0.458 e. The second-order valence-electron chi connectivity index (χ2n) is 11.2. The fraction of sp³-hybridized carbons (Fsp3) is 0.562. The first-order valence-electron chi connectivity index (χ1n) is 14.3. The molecule has 1 saturated carbocycles. The van der Waals surface area contributed by atoms with Gasteiger partial charge in [-0.05, 0) is 74.3 Å². The summed E-state index contributed by atoms with van der Waals surface area (Å²) < 4.78 is 103. The second-order valence-corrected chi connectivity index (χ2v) is 11.2. The molecular formula is C32H35F7O. The van der Waals surface area contributed by atoms with E-state index in [-0.39, 0.29) is 22.4 Å². The first-order valence-corrected chi connectivity index (χ1v) is 14.3. The average Bonchev–Trinajstić information content (AvgIpc) is 2.94. The van der Waals surface area contributed by atoms with Gasteiger partial charge in [0.1, 0.15) is 17.5 Å². The lowest BCUT2D eigenvalue weighted by atomic mass is 9.76. The molecule has 0 spiro atoms. The number of fused-ring (bicyclic) bond motifs is 1. The molecule has 218 valence electrons. The molecule has 2 aromatic rings. The molecule has 0 amide bonds. The molecule has 2 unspecified atom stereocenters. The Kier molecular flexibility index (Phi) is 10.2. The largest absolute Gasteiger partial charge is 0.458 e. The summed E-state index contributed by atoms with van der Waals surface area (Å²) >= 11 is 0. The molecule has 4 rings (SSSR count). The minimum absolute atomic E-state index is 0.102. The van der Waals surface area contributed by atoms with E-state index in [0.717, 1.165) is 62.5 Å². The van der Waals surface area contributed by atoms with Gasteiger partial charge in [-0.1, -0.05) is 50.7 Å². The van der Waals surface area contributed by atoms with E-state index in [9.17, 15) is 22.0 Å². The molecule has 2 aromatic carbocycles. The van der Waals surface area contributed by atoms with Crippen LogP contribution < -0.4 is 0 Å². The highest BCUT2D eigenvalue weighted by atomic mass is 19.4. The van der Waals surface area contributed by atoms with Gasteiger partial charge in [0.2, 0.25) is 0 Å². The van der Waals surface area contributed by atoms with Crippen molar-refractivity contribution in [1.29, 1.82) is 0 Å². The van der Waals surface area contributed by atoms with E-state index in [0.29, 0.717) is 24.7 Å². The molecule has 0 aromatic heterocycles. The van der Waals surface area contributed by atoms with Crippen LogP contribution >= 0.6 is 0 Å². The van der Waals surface area contributed by atoms with Gasteiger partial charge in [-0.2, -0.15) is 13.2 Å². The molecule has 0 N–H and O–H groups in total. The third kappa shape index (κ3) is 7.60. The van der Waals surface area contributed by atoms with E-state index in [1.807, 2.05) is 0 Å². The van der Waals surface area contributed by atoms with E-state index >= 15 is 8.78 Å². The number of alkyl halides is 3. The van der Waals surface area contributed by atoms with Crippen molar-refractivity contribution in [3.05, 3.63) is 52.9 Å². The summed E-state index contributed by atoms with van der Waals surface area (Å²) in [7, 11) is 0. The third-order valence-electron chi connectivity index (χ3n) is 8.35. The normalized spacial score (nSPS) is 24.4. The second kappa shape index (κ2) is 13.4. The van der Waals surface area contributed by atoms with Gasteiger partial charge in [0, 0.05) is 29.4 Å². The van der Waals surface area contributed by atoms with Gasteiger partial charge in [-0.3, -0.25) is 0 Å². The van der Waals surface area contributed by atoms with Crippen LogP contribution in [0.25, 0.3) is 16.6 Å². The molecule has 1 aliphatic heterocycles. The molecule has 1 aliphatic carbocycles. The summed E-state index contributed by atoms with van der Waals surface area (Å²) in [4.78, 5) is 0. The van der Waals surface area contributed by atoms with Crippen LogP contribution in [-0.2, 0) is 4.74 Å². The van der Waals surface area contributed by atoms with Gasteiger partial charge in [-0.25, -0.2) is 17.6 Å². The maximum atomic E-state index is 15.2. The minimum Gasteiger partial charge on any atom is -0.378 e. The van der Waals surface area contributed by atoms with Crippen molar-refractivity contribution in [2.75, 3.05) is 6.61 Å². The topological polar surface area (TPSA) is 9.23 Å². The zero-order chi connectivity index (χ0) is 28.9. The number of benzene rings is 2. The van der Waals surface area contributed by atoms with Crippen LogP contribution in [-0.4, -0.2) is 18.9 Å².